The van der Waals surface area contributed by atoms with E-state index in [2.05, 4.69) is 10.3 Å². The molecule has 3 rings (SSSR count). The number of halogens is 1. The number of rotatable bonds is 5. The maximum atomic E-state index is 13.1. The van der Waals surface area contributed by atoms with E-state index in [4.69, 9.17) is 0 Å². The SMILES string of the molecule is O=C(O)c1nnn(CCc2ccccc2)c1-c1ccc(F)cc1. The van der Waals surface area contributed by atoms with Crippen LogP contribution >= 0.6 is 0 Å². The highest BCUT2D eigenvalue weighted by atomic mass is 19.1. The van der Waals surface area contributed by atoms with E-state index in [1.165, 1.54) is 24.3 Å². The Balaban J connectivity index is 1.94. The van der Waals surface area contributed by atoms with Gasteiger partial charge in [-0.1, -0.05) is 35.5 Å². The van der Waals surface area contributed by atoms with Crippen LogP contribution in [0.25, 0.3) is 11.3 Å². The van der Waals surface area contributed by atoms with Crippen molar-refractivity contribution in [1.29, 1.82) is 0 Å². The number of benzene rings is 2. The van der Waals surface area contributed by atoms with E-state index in [9.17, 15) is 14.3 Å². The van der Waals surface area contributed by atoms with Gasteiger partial charge in [-0.05, 0) is 36.2 Å². The summed E-state index contributed by atoms with van der Waals surface area (Å²) in [5.74, 6) is -1.54. The number of aryl methyl sites for hydroxylation is 2. The lowest BCUT2D eigenvalue weighted by Gasteiger charge is -2.07. The molecule has 23 heavy (non-hydrogen) atoms. The summed E-state index contributed by atoms with van der Waals surface area (Å²) in [5.41, 5.74) is 1.94. The fourth-order valence-corrected chi connectivity index (χ4v) is 2.39. The lowest BCUT2D eigenvalue weighted by atomic mass is 10.1. The second kappa shape index (κ2) is 6.39. The summed E-state index contributed by atoms with van der Waals surface area (Å²) >= 11 is 0. The molecule has 0 spiro atoms. The molecule has 0 fully saturated rings. The summed E-state index contributed by atoms with van der Waals surface area (Å²) in [5, 5.41) is 17.0. The van der Waals surface area contributed by atoms with Crippen LogP contribution in [-0.4, -0.2) is 26.1 Å². The molecule has 0 saturated carbocycles. The zero-order valence-electron chi connectivity index (χ0n) is 12.2. The summed E-state index contributed by atoms with van der Waals surface area (Å²) in [7, 11) is 0. The Labute approximate surface area is 132 Å². The van der Waals surface area contributed by atoms with Crippen molar-refractivity contribution in [2.24, 2.45) is 0 Å². The molecule has 0 bridgehead atoms. The van der Waals surface area contributed by atoms with Gasteiger partial charge in [0, 0.05) is 12.1 Å². The average Bonchev–Trinajstić information content (AvgIpc) is 2.99. The average molecular weight is 311 g/mol. The highest BCUT2D eigenvalue weighted by Gasteiger charge is 2.20. The van der Waals surface area contributed by atoms with Crippen LogP contribution in [0.4, 0.5) is 4.39 Å². The van der Waals surface area contributed by atoms with E-state index < -0.39 is 5.97 Å². The van der Waals surface area contributed by atoms with Gasteiger partial charge < -0.3 is 5.11 Å². The van der Waals surface area contributed by atoms with E-state index in [1.807, 2.05) is 30.3 Å². The first-order chi connectivity index (χ1) is 11.1. The normalized spacial score (nSPS) is 10.7. The minimum atomic E-state index is -1.16. The number of hydrogen-bond donors (Lipinski definition) is 1. The second-order valence-corrected chi connectivity index (χ2v) is 5.06. The van der Waals surface area contributed by atoms with Gasteiger partial charge in [-0.2, -0.15) is 0 Å². The van der Waals surface area contributed by atoms with Gasteiger partial charge in [0.15, 0.2) is 5.69 Å². The molecule has 0 amide bonds. The third-order valence-corrected chi connectivity index (χ3v) is 3.51. The van der Waals surface area contributed by atoms with Crippen LogP contribution < -0.4 is 0 Å². The van der Waals surface area contributed by atoms with Gasteiger partial charge in [-0.3, -0.25) is 0 Å². The Morgan fingerprint density at radius 1 is 1.09 bits per heavy atom. The topological polar surface area (TPSA) is 68.0 Å². The van der Waals surface area contributed by atoms with Gasteiger partial charge in [0.1, 0.15) is 11.5 Å². The van der Waals surface area contributed by atoms with Crippen LogP contribution in [0.1, 0.15) is 16.1 Å². The van der Waals surface area contributed by atoms with Gasteiger partial charge in [-0.25, -0.2) is 13.9 Å². The molecular formula is C17H14FN3O2. The zero-order chi connectivity index (χ0) is 16.2. The molecule has 1 heterocycles. The number of hydrogen-bond acceptors (Lipinski definition) is 3. The van der Waals surface area contributed by atoms with Gasteiger partial charge in [0.2, 0.25) is 0 Å². The van der Waals surface area contributed by atoms with Crippen molar-refractivity contribution in [3.63, 3.8) is 0 Å². The fourth-order valence-electron chi connectivity index (χ4n) is 2.39. The molecule has 0 saturated heterocycles. The molecule has 0 radical (unpaired) electrons. The largest absolute Gasteiger partial charge is 0.476 e. The van der Waals surface area contributed by atoms with Gasteiger partial charge in [-0.15, -0.1) is 5.10 Å². The number of nitrogens with zero attached hydrogens (tertiary/aromatic N) is 3. The lowest BCUT2D eigenvalue weighted by molar-refractivity contribution is 0.0691. The van der Waals surface area contributed by atoms with Crippen LogP contribution in [-0.2, 0) is 13.0 Å². The molecule has 0 aliphatic carbocycles. The molecule has 1 N–H and O–H groups in total. The van der Waals surface area contributed by atoms with E-state index >= 15 is 0 Å². The molecular weight excluding hydrogens is 297 g/mol. The van der Waals surface area contributed by atoms with Crippen molar-refractivity contribution in [1.82, 2.24) is 15.0 Å². The molecule has 2 aromatic carbocycles. The summed E-state index contributed by atoms with van der Waals surface area (Å²) < 4.78 is 14.6. The van der Waals surface area contributed by atoms with Crippen molar-refractivity contribution in [2.75, 3.05) is 0 Å². The fraction of sp³-hybridized carbons (Fsp3) is 0.118. The maximum Gasteiger partial charge on any atom is 0.358 e. The van der Waals surface area contributed by atoms with Crippen molar-refractivity contribution in [2.45, 2.75) is 13.0 Å². The quantitative estimate of drug-likeness (QED) is 0.786. The monoisotopic (exact) mass is 311 g/mol. The Morgan fingerprint density at radius 3 is 2.43 bits per heavy atom. The number of aromatic carboxylic acids is 1. The van der Waals surface area contributed by atoms with Crippen molar-refractivity contribution < 1.29 is 14.3 Å². The lowest BCUT2D eigenvalue weighted by Crippen LogP contribution is -2.07. The Bertz CT molecular complexity index is 814. The first-order valence-electron chi connectivity index (χ1n) is 7.12. The Morgan fingerprint density at radius 2 is 1.78 bits per heavy atom. The third kappa shape index (κ3) is 3.26. The Hall–Kier alpha value is -3.02. The third-order valence-electron chi connectivity index (χ3n) is 3.51. The van der Waals surface area contributed by atoms with E-state index in [1.54, 1.807) is 4.68 Å². The summed E-state index contributed by atoms with van der Waals surface area (Å²) in [6.45, 7) is 0.483. The minimum absolute atomic E-state index is 0.135. The number of carbonyl (C=O) groups is 1. The predicted molar refractivity (Wildman–Crippen MR) is 82.5 cm³/mol. The first kappa shape index (κ1) is 14.9. The van der Waals surface area contributed by atoms with Gasteiger partial charge in [0.25, 0.3) is 0 Å². The standard InChI is InChI=1S/C17H14FN3O2/c18-14-8-6-13(7-9-14)16-15(17(22)23)19-20-21(16)11-10-12-4-2-1-3-5-12/h1-9H,10-11H2,(H,22,23). The zero-order valence-corrected chi connectivity index (χ0v) is 12.2. The number of carboxylic acids is 1. The maximum absolute atomic E-state index is 13.1. The second-order valence-electron chi connectivity index (χ2n) is 5.06. The minimum Gasteiger partial charge on any atom is -0.476 e. The van der Waals surface area contributed by atoms with Gasteiger partial charge >= 0.3 is 5.97 Å². The smallest absolute Gasteiger partial charge is 0.358 e. The molecule has 0 unspecified atom stereocenters. The molecule has 5 nitrogen and oxygen atoms in total. The summed E-state index contributed by atoms with van der Waals surface area (Å²) in [6.07, 6.45) is 0.692. The van der Waals surface area contributed by atoms with E-state index in [0.29, 0.717) is 24.2 Å². The number of carboxylic acid groups (broad SMARTS) is 1. The van der Waals surface area contributed by atoms with E-state index in [0.717, 1.165) is 5.56 Å². The highest BCUT2D eigenvalue weighted by Crippen LogP contribution is 2.23. The van der Waals surface area contributed by atoms with Crippen LogP contribution in [0.15, 0.2) is 54.6 Å². The Kier molecular flexibility index (Phi) is 4.14. The predicted octanol–water partition coefficient (Wildman–Crippen LogP) is 3.03. The van der Waals surface area contributed by atoms with Crippen LogP contribution in [0, 0.1) is 5.82 Å². The molecule has 1 aromatic heterocycles. The van der Waals surface area contributed by atoms with Crippen LogP contribution in [0.2, 0.25) is 0 Å². The van der Waals surface area contributed by atoms with Crippen molar-refractivity contribution in [3.8, 4) is 11.3 Å². The summed E-state index contributed by atoms with van der Waals surface area (Å²) in [4.78, 5) is 11.4. The molecule has 0 atom stereocenters. The molecule has 116 valence electrons. The molecule has 3 aromatic rings. The van der Waals surface area contributed by atoms with Gasteiger partial charge in [0.05, 0.1) is 0 Å². The molecule has 6 heteroatoms. The molecule has 0 aliphatic rings. The molecule has 0 aliphatic heterocycles. The van der Waals surface area contributed by atoms with Crippen molar-refractivity contribution >= 4 is 5.97 Å². The number of aromatic nitrogens is 3. The highest BCUT2D eigenvalue weighted by molar-refractivity contribution is 5.92. The van der Waals surface area contributed by atoms with E-state index in [-0.39, 0.29) is 11.5 Å². The summed E-state index contributed by atoms with van der Waals surface area (Å²) in [6, 6.07) is 15.4. The van der Waals surface area contributed by atoms with Crippen LogP contribution in [0.3, 0.4) is 0 Å². The van der Waals surface area contributed by atoms with Crippen LogP contribution in [0.5, 0.6) is 0 Å². The first-order valence-corrected chi connectivity index (χ1v) is 7.12. The van der Waals surface area contributed by atoms with Crippen molar-refractivity contribution in [3.05, 3.63) is 71.7 Å².